The van der Waals surface area contributed by atoms with Gasteiger partial charge in [0.25, 0.3) is 0 Å². The first-order chi connectivity index (χ1) is 7.10. The Morgan fingerprint density at radius 1 is 1.13 bits per heavy atom. The fourth-order valence-corrected chi connectivity index (χ4v) is 1.83. The van der Waals surface area contributed by atoms with E-state index in [4.69, 9.17) is 0 Å². The molecule has 1 aromatic carbocycles. The molecule has 1 rings (SSSR count). The Morgan fingerprint density at radius 2 is 1.80 bits per heavy atom. The summed E-state index contributed by atoms with van der Waals surface area (Å²) in [5.74, 6) is 0.280. The molecule has 1 unspecified atom stereocenters. The number of rotatable bonds is 4. The van der Waals surface area contributed by atoms with Crippen molar-refractivity contribution >= 4 is 0 Å². The highest BCUT2D eigenvalue weighted by Crippen LogP contribution is 2.26. The molecule has 1 N–H and O–H groups in total. The zero-order valence-corrected chi connectivity index (χ0v) is 10.2. The van der Waals surface area contributed by atoms with Gasteiger partial charge in [-0.25, -0.2) is 0 Å². The van der Waals surface area contributed by atoms with Gasteiger partial charge in [0.15, 0.2) is 0 Å². The van der Waals surface area contributed by atoms with Gasteiger partial charge in [-0.3, -0.25) is 0 Å². The number of benzene rings is 1. The Labute approximate surface area is 93.1 Å². The Bertz CT molecular complexity index is 315. The molecule has 0 spiro atoms. The minimum Gasteiger partial charge on any atom is -0.388 e. The van der Waals surface area contributed by atoms with Crippen LogP contribution in [0.4, 0.5) is 0 Å². The average molecular weight is 206 g/mol. The molecule has 0 aromatic heterocycles. The van der Waals surface area contributed by atoms with Crippen molar-refractivity contribution in [3.63, 3.8) is 0 Å². The predicted octanol–water partition coefficient (Wildman–Crippen LogP) is 3.50. The molecule has 0 saturated heterocycles. The van der Waals surface area contributed by atoms with Gasteiger partial charge in [-0.15, -0.1) is 0 Å². The number of aliphatic hydroxyl groups is 1. The molecule has 1 nitrogen and oxygen atoms in total. The molecule has 0 fully saturated rings. The van der Waals surface area contributed by atoms with E-state index in [1.54, 1.807) is 0 Å². The Hall–Kier alpha value is -0.820. The molecule has 0 aliphatic heterocycles. The van der Waals surface area contributed by atoms with Crippen molar-refractivity contribution < 1.29 is 5.11 Å². The molecule has 1 atom stereocenters. The van der Waals surface area contributed by atoms with Crippen LogP contribution >= 0.6 is 0 Å². The van der Waals surface area contributed by atoms with Crippen LogP contribution < -0.4 is 0 Å². The fourth-order valence-electron chi connectivity index (χ4n) is 1.83. The standard InChI is InChI=1S/C14H22O/c1-5-11-7-8-13(12(6-2)9-11)14(15)10(3)4/h7-10,14-15H,5-6H2,1-4H3. The number of hydrogen-bond acceptors (Lipinski definition) is 1. The highest BCUT2D eigenvalue weighted by atomic mass is 16.3. The largest absolute Gasteiger partial charge is 0.388 e. The van der Waals surface area contributed by atoms with Gasteiger partial charge >= 0.3 is 0 Å². The van der Waals surface area contributed by atoms with E-state index in [0.29, 0.717) is 0 Å². The summed E-state index contributed by atoms with van der Waals surface area (Å²) < 4.78 is 0. The normalized spacial score (nSPS) is 13.2. The number of aryl methyl sites for hydroxylation is 2. The molecule has 0 saturated carbocycles. The smallest absolute Gasteiger partial charge is 0.0815 e. The maximum absolute atomic E-state index is 10.1. The summed E-state index contributed by atoms with van der Waals surface area (Å²) in [5.41, 5.74) is 3.74. The second-order valence-corrected chi connectivity index (χ2v) is 4.43. The molecule has 15 heavy (non-hydrogen) atoms. The van der Waals surface area contributed by atoms with Crippen molar-refractivity contribution in [3.05, 3.63) is 34.9 Å². The summed E-state index contributed by atoms with van der Waals surface area (Å²) in [4.78, 5) is 0. The lowest BCUT2D eigenvalue weighted by Gasteiger charge is -2.19. The van der Waals surface area contributed by atoms with Crippen molar-refractivity contribution in [3.8, 4) is 0 Å². The van der Waals surface area contributed by atoms with Crippen molar-refractivity contribution in [2.24, 2.45) is 5.92 Å². The molecule has 0 aliphatic rings. The van der Waals surface area contributed by atoms with E-state index in [2.05, 4.69) is 45.9 Å². The van der Waals surface area contributed by atoms with E-state index >= 15 is 0 Å². The van der Waals surface area contributed by atoms with Gasteiger partial charge in [-0.1, -0.05) is 45.9 Å². The summed E-state index contributed by atoms with van der Waals surface area (Å²) in [6.45, 7) is 8.41. The predicted molar refractivity (Wildman–Crippen MR) is 65.0 cm³/mol. The molecular formula is C14H22O. The zero-order chi connectivity index (χ0) is 11.4. The van der Waals surface area contributed by atoms with Gasteiger partial charge < -0.3 is 5.11 Å². The lowest BCUT2D eigenvalue weighted by molar-refractivity contribution is 0.126. The molecule has 0 bridgehead atoms. The van der Waals surface area contributed by atoms with Crippen LogP contribution in [0.3, 0.4) is 0 Å². The Kier molecular flexibility index (Phi) is 4.34. The van der Waals surface area contributed by atoms with Gasteiger partial charge in [-0.2, -0.15) is 0 Å². The van der Waals surface area contributed by atoms with Crippen LogP contribution in [0.15, 0.2) is 18.2 Å². The molecule has 1 heteroatoms. The van der Waals surface area contributed by atoms with Crippen molar-refractivity contribution in [1.82, 2.24) is 0 Å². The summed E-state index contributed by atoms with van der Waals surface area (Å²) in [5, 5.41) is 10.1. The molecule has 0 heterocycles. The molecular weight excluding hydrogens is 184 g/mol. The molecule has 0 amide bonds. The zero-order valence-electron chi connectivity index (χ0n) is 10.2. The van der Waals surface area contributed by atoms with Gasteiger partial charge in [0, 0.05) is 0 Å². The van der Waals surface area contributed by atoms with Crippen molar-refractivity contribution in [1.29, 1.82) is 0 Å². The fraction of sp³-hybridized carbons (Fsp3) is 0.571. The van der Waals surface area contributed by atoms with E-state index in [-0.39, 0.29) is 12.0 Å². The van der Waals surface area contributed by atoms with Crippen LogP contribution in [-0.2, 0) is 12.8 Å². The van der Waals surface area contributed by atoms with E-state index in [9.17, 15) is 5.11 Å². The second-order valence-electron chi connectivity index (χ2n) is 4.43. The summed E-state index contributed by atoms with van der Waals surface area (Å²) in [7, 11) is 0. The third kappa shape index (κ3) is 2.82. The quantitative estimate of drug-likeness (QED) is 0.799. The van der Waals surface area contributed by atoms with E-state index < -0.39 is 0 Å². The van der Waals surface area contributed by atoms with Crippen LogP contribution in [0.5, 0.6) is 0 Å². The molecule has 0 aliphatic carbocycles. The highest BCUT2D eigenvalue weighted by molar-refractivity contribution is 5.34. The monoisotopic (exact) mass is 206 g/mol. The molecule has 84 valence electrons. The Morgan fingerprint density at radius 3 is 2.27 bits per heavy atom. The van der Waals surface area contributed by atoms with Crippen LogP contribution in [0.25, 0.3) is 0 Å². The second kappa shape index (κ2) is 5.32. The maximum atomic E-state index is 10.1. The number of hydrogen-bond donors (Lipinski definition) is 1. The van der Waals surface area contributed by atoms with Crippen LogP contribution in [-0.4, -0.2) is 5.11 Å². The first-order valence-electron chi connectivity index (χ1n) is 5.89. The summed E-state index contributed by atoms with van der Waals surface area (Å²) in [6.07, 6.45) is 1.73. The van der Waals surface area contributed by atoms with Gasteiger partial charge in [0.1, 0.15) is 0 Å². The first-order valence-corrected chi connectivity index (χ1v) is 5.89. The first kappa shape index (κ1) is 12.3. The van der Waals surface area contributed by atoms with Crippen molar-refractivity contribution in [2.75, 3.05) is 0 Å². The number of aliphatic hydroxyl groups excluding tert-OH is 1. The lowest BCUT2D eigenvalue weighted by atomic mass is 9.92. The third-order valence-corrected chi connectivity index (χ3v) is 2.95. The van der Waals surface area contributed by atoms with Crippen LogP contribution in [0.2, 0.25) is 0 Å². The lowest BCUT2D eigenvalue weighted by Crippen LogP contribution is -2.08. The minimum atomic E-state index is -0.328. The van der Waals surface area contributed by atoms with E-state index in [0.717, 1.165) is 18.4 Å². The maximum Gasteiger partial charge on any atom is 0.0815 e. The summed E-state index contributed by atoms with van der Waals surface area (Å²) >= 11 is 0. The average Bonchev–Trinajstić information content (AvgIpc) is 2.27. The Balaban J connectivity index is 3.07. The van der Waals surface area contributed by atoms with Crippen LogP contribution in [0.1, 0.15) is 50.5 Å². The van der Waals surface area contributed by atoms with Gasteiger partial charge in [-0.05, 0) is 35.4 Å². The van der Waals surface area contributed by atoms with E-state index in [1.165, 1.54) is 11.1 Å². The molecule has 1 aromatic rings. The minimum absolute atomic E-state index is 0.280. The highest BCUT2D eigenvalue weighted by Gasteiger charge is 2.15. The SMILES string of the molecule is CCc1ccc(C(O)C(C)C)c(CC)c1. The topological polar surface area (TPSA) is 20.2 Å². The van der Waals surface area contributed by atoms with Crippen LogP contribution in [0, 0.1) is 5.92 Å². The van der Waals surface area contributed by atoms with E-state index in [1.807, 2.05) is 0 Å². The van der Waals surface area contributed by atoms with Crippen molar-refractivity contribution in [2.45, 2.75) is 46.6 Å². The summed E-state index contributed by atoms with van der Waals surface area (Å²) in [6, 6.07) is 6.43. The van der Waals surface area contributed by atoms with Gasteiger partial charge in [0.05, 0.1) is 6.10 Å². The molecule has 0 radical (unpaired) electrons. The third-order valence-electron chi connectivity index (χ3n) is 2.95. The van der Waals surface area contributed by atoms with Gasteiger partial charge in [0.2, 0.25) is 0 Å².